The van der Waals surface area contributed by atoms with E-state index < -0.39 is 0 Å². The van der Waals surface area contributed by atoms with Crippen LogP contribution in [0.5, 0.6) is 0 Å². The summed E-state index contributed by atoms with van der Waals surface area (Å²) in [5, 5.41) is 0.790. The Labute approximate surface area is 71.9 Å². The lowest BCUT2D eigenvalue weighted by Gasteiger charge is -1.99. The largest absolute Gasteiger partial charge is 0.384 e. The van der Waals surface area contributed by atoms with Crippen LogP contribution in [0.4, 0.5) is 0 Å². The number of ether oxygens (including phenoxy) is 1. The predicted octanol–water partition coefficient (Wildman–Crippen LogP) is 2.53. The molecule has 0 saturated heterocycles. The highest BCUT2D eigenvalue weighted by atomic mass is 35.5. The van der Waals surface area contributed by atoms with Crippen LogP contribution in [-0.4, -0.2) is 13.7 Å². The molecule has 1 aromatic rings. The third kappa shape index (κ3) is 2.91. The molecular formula is C9H11ClO. The number of hydrogen-bond acceptors (Lipinski definition) is 1. The van der Waals surface area contributed by atoms with Crippen LogP contribution in [0.15, 0.2) is 24.3 Å². The first-order valence-corrected chi connectivity index (χ1v) is 3.94. The second kappa shape index (κ2) is 4.37. The molecule has 0 aromatic heterocycles. The van der Waals surface area contributed by atoms with Gasteiger partial charge in [0.05, 0.1) is 6.61 Å². The zero-order chi connectivity index (χ0) is 8.10. The summed E-state index contributed by atoms with van der Waals surface area (Å²) in [4.78, 5) is 0. The van der Waals surface area contributed by atoms with Crippen molar-refractivity contribution >= 4 is 11.6 Å². The van der Waals surface area contributed by atoms with Crippen molar-refractivity contribution in [3.63, 3.8) is 0 Å². The second-order valence-electron chi connectivity index (χ2n) is 2.37. The molecule has 60 valence electrons. The highest BCUT2D eigenvalue weighted by molar-refractivity contribution is 6.30. The molecule has 0 amide bonds. The van der Waals surface area contributed by atoms with Gasteiger partial charge in [0.15, 0.2) is 0 Å². The Hall–Kier alpha value is -0.530. The van der Waals surface area contributed by atoms with E-state index >= 15 is 0 Å². The quantitative estimate of drug-likeness (QED) is 0.678. The van der Waals surface area contributed by atoms with E-state index in [1.165, 1.54) is 5.56 Å². The number of methoxy groups -OCH3 is 1. The zero-order valence-corrected chi connectivity index (χ0v) is 7.27. The van der Waals surface area contributed by atoms with Crippen LogP contribution < -0.4 is 0 Å². The molecule has 1 rings (SSSR count). The molecule has 0 aliphatic heterocycles. The van der Waals surface area contributed by atoms with Crippen LogP contribution in [0.2, 0.25) is 5.02 Å². The second-order valence-corrected chi connectivity index (χ2v) is 2.81. The molecule has 0 N–H and O–H groups in total. The highest BCUT2D eigenvalue weighted by Crippen LogP contribution is 2.10. The minimum atomic E-state index is 0.750. The Morgan fingerprint density at radius 2 is 2.27 bits per heavy atom. The average Bonchev–Trinajstić information content (AvgIpc) is 2.01. The number of rotatable bonds is 3. The summed E-state index contributed by atoms with van der Waals surface area (Å²) >= 11 is 5.78. The Morgan fingerprint density at radius 3 is 2.91 bits per heavy atom. The number of hydrogen-bond donors (Lipinski definition) is 0. The summed E-state index contributed by atoms with van der Waals surface area (Å²) in [6, 6.07) is 7.83. The monoisotopic (exact) mass is 170 g/mol. The van der Waals surface area contributed by atoms with Gasteiger partial charge >= 0.3 is 0 Å². The van der Waals surface area contributed by atoms with Crippen molar-refractivity contribution in [2.24, 2.45) is 0 Å². The molecule has 1 nitrogen and oxygen atoms in total. The molecular weight excluding hydrogens is 160 g/mol. The van der Waals surface area contributed by atoms with Crippen LogP contribution in [0, 0.1) is 0 Å². The molecule has 0 aliphatic rings. The van der Waals surface area contributed by atoms with E-state index in [2.05, 4.69) is 0 Å². The Kier molecular flexibility index (Phi) is 3.40. The first-order valence-electron chi connectivity index (χ1n) is 3.56. The van der Waals surface area contributed by atoms with Gasteiger partial charge in [-0.25, -0.2) is 0 Å². The van der Waals surface area contributed by atoms with Gasteiger partial charge in [-0.15, -0.1) is 0 Å². The molecule has 0 unspecified atom stereocenters. The molecule has 0 radical (unpaired) electrons. The fourth-order valence-electron chi connectivity index (χ4n) is 0.912. The Bertz CT molecular complexity index is 223. The lowest BCUT2D eigenvalue weighted by atomic mass is 10.2. The molecule has 0 bridgehead atoms. The van der Waals surface area contributed by atoms with Crippen molar-refractivity contribution in [3.8, 4) is 0 Å². The topological polar surface area (TPSA) is 9.23 Å². The fourth-order valence-corrected chi connectivity index (χ4v) is 1.13. The van der Waals surface area contributed by atoms with Gasteiger partial charge < -0.3 is 4.74 Å². The maximum atomic E-state index is 5.78. The SMILES string of the molecule is COCCc1cccc(Cl)c1. The lowest BCUT2D eigenvalue weighted by Crippen LogP contribution is -1.93. The summed E-state index contributed by atoms with van der Waals surface area (Å²) in [6.45, 7) is 0.750. The van der Waals surface area contributed by atoms with Crippen LogP contribution in [0.3, 0.4) is 0 Å². The van der Waals surface area contributed by atoms with Crippen molar-refractivity contribution < 1.29 is 4.74 Å². The van der Waals surface area contributed by atoms with E-state index in [0.717, 1.165) is 18.1 Å². The molecule has 0 atom stereocenters. The normalized spacial score (nSPS) is 10.0. The van der Waals surface area contributed by atoms with E-state index in [1.807, 2.05) is 24.3 Å². The van der Waals surface area contributed by atoms with Gasteiger partial charge in [-0.2, -0.15) is 0 Å². The summed E-state index contributed by atoms with van der Waals surface area (Å²) in [5.74, 6) is 0. The van der Waals surface area contributed by atoms with Gasteiger partial charge in [0.1, 0.15) is 0 Å². The van der Waals surface area contributed by atoms with Gasteiger partial charge in [-0.05, 0) is 24.1 Å². The molecule has 0 saturated carbocycles. The summed E-state index contributed by atoms with van der Waals surface area (Å²) in [5.41, 5.74) is 1.22. The minimum absolute atomic E-state index is 0.750. The van der Waals surface area contributed by atoms with Gasteiger partial charge in [0.2, 0.25) is 0 Å². The fraction of sp³-hybridized carbons (Fsp3) is 0.333. The first kappa shape index (κ1) is 8.57. The van der Waals surface area contributed by atoms with Gasteiger partial charge in [-0.1, -0.05) is 23.7 Å². The molecule has 0 fully saturated rings. The van der Waals surface area contributed by atoms with Gasteiger partial charge in [0.25, 0.3) is 0 Å². The molecule has 0 heterocycles. The maximum Gasteiger partial charge on any atom is 0.0502 e. The van der Waals surface area contributed by atoms with Crippen molar-refractivity contribution in [2.45, 2.75) is 6.42 Å². The van der Waals surface area contributed by atoms with Crippen molar-refractivity contribution in [1.82, 2.24) is 0 Å². The maximum absolute atomic E-state index is 5.78. The van der Waals surface area contributed by atoms with E-state index in [-0.39, 0.29) is 0 Å². The van der Waals surface area contributed by atoms with Crippen LogP contribution >= 0.6 is 11.6 Å². The first-order chi connectivity index (χ1) is 5.33. The standard InChI is InChI=1S/C9H11ClO/c1-11-6-5-8-3-2-4-9(10)7-8/h2-4,7H,5-6H2,1H3. The van der Waals surface area contributed by atoms with E-state index in [1.54, 1.807) is 7.11 Å². The molecule has 0 spiro atoms. The summed E-state index contributed by atoms with van der Waals surface area (Å²) in [7, 11) is 1.70. The van der Waals surface area contributed by atoms with Crippen molar-refractivity contribution in [3.05, 3.63) is 34.9 Å². The smallest absolute Gasteiger partial charge is 0.0502 e. The van der Waals surface area contributed by atoms with E-state index in [0.29, 0.717) is 0 Å². The average molecular weight is 171 g/mol. The molecule has 11 heavy (non-hydrogen) atoms. The van der Waals surface area contributed by atoms with Gasteiger partial charge in [0, 0.05) is 12.1 Å². The van der Waals surface area contributed by atoms with Crippen LogP contribution in [0.25, 0.3) is 0 Å². The Balaban J connectivity index is 2.56. The predicted molar refractivity (Wildman–Crippen MR) is 47.0 cm³/mol. The van der Waals surface area contributed by atoms with Gasteiger partial charge in [-0.3, -0.25) is 0 Å². The molecule has 1 aromatic carbocycles. The molecule has 2 heteroatoms. The number of benzene rings is 1. The minimum Gasteiger partial charge on any atom is -0.384 e. The summed E-state index contributed by atoms with van der Waals surface area (Å²) in [6.07, 6.45) is 0.928. The summed E-state index contributed by atoms with van der Waals surface area (Å²) < 4.78 is 4.94. The number of halogens is 1. The third-order valence-electron chi connectivity index (χ3n) is 1.48. The lowest BCUT2D eigenvalue weighted by molar-refractivity contribution is 0.202. The zero-order valence-electron chi connectivity index (χ0n) is 6.51. The van der Waals surface area contributed by atoms with E-state index in [9.17, 15) is 0 Å². The van der Waals surface area contributed by atoms with E-state index in [4.69, 9.17) is 16.3 Å². The third-order valence-corrected chi connectivity index (χ3v) is 1.72. The van der Waals surface area contributed by atoms with Crippen molar-refractivity contribution in [2.75, 3.05) is 13.7 Å². The highest BCUT2D eigenvalue weighted by Gasteiger charge is 1.92. The van der Waals surface area contributed by atoms with Crippen LogP contribution in [0.1, 0.15) is 5.56 Å². The Morgan fingerprint density at radius 1 is 1.45 bits per heavy atom. The van der Waals surface area contributed by atoms with Crippen molar-refractivity contribution in [1.29, 1.82) is 0 Å². The molecule has 0 aliphatic carbocycles. The van der Waals surface area contributed by atoms with Crippen LogP contribution in [-0.2, 0) is 11.2 Å².